The third kappa shape index (κ3) is 6.83. The molecule has 0 bridgehead atoms. The summed E-state index contributed by atoms with van der Waals surface area (Å²) in [7, 11) is 0. The molecule has 0 aliphatic rings. The predicted octanol–water partition coefficient (Wildman–Crippen LogP) is 0.618. The molecule has 0 atom stereocenters. The summed E-state index contributed by atoms with van der Waals surface area (Å²) in [6.07, 6.45) is 2.71. The minimum absolute atomic E-state index is 0.213. The van der Waals surface area contributed by atoms with E-state index in [1.165, 1.54) is 0 Å². The van der Waals surface area contributed by atoms with Crippen LogP contribution in [0.3, 0.4) is 0 Å². The lowest BCUT2D eigenvalue weighted by molar-refractivity contribution is -0.135. The second-order valence-electron chi connectivity index (χ2n) is 2.30. The van der Waals surface area contributed by atoms with Crippen molar-refractivity contribution >= 4 is 11.8 Å². The van der Waals surface area contributed by atoms with E-state index in [-0.39, 0.29) is 6.54 Å². The SMILES string of the molecule is CCCCC(N)=NCC(=O)O. The minimum Gasteiger partial charge on any atom is -0.480 e. The van der Waals surface area contributed by atoms with Crippen LogP contribution in [0.4, 0.5) is 0 Å². The molecule has 4 heteroatoms. The topological polar surface area (TPSA) is 75.7 Å². The average Bonchev–Trinajstić information content (AvgIpc) is 1.97. The molecule has 0 aliphatic carbocycles. The number of amidine groups is 1. The monoisotopic (exact) mass is 158 g/mol. The van der Waals surface area contributed by atoms with Gasteiger partial charge in [0.25, 0.3) is 0 Å². The first-order valence-electron chi connectivity index (χ1n) is 3.67. The van der Waals surface area contributed by atoms with Crippen LogP contribution < -0.4 is 5.73 Å². The van der Waals surface area contributed by atoms with Gasteiger partial charge in [0.2, 0.25) is 0 Å². The number of aliphatic carboxylic acids is 1. The number of carbonyl (C=O) groups is 1. The number of unbranched alkanes of at least 4 members (excludes halogenated alkanes) is 1. The molecule has 0 spiro atoms. The molecule has 0 saturated carbocycles. The largest absolute Gasteiger partial charge is 0.480 e. The summed E-state index contributed by atoms with van der Waals surface area (Å²) in [4.78, 5) is 13.7. The van der Waals surface area contributed by atoms with Crippen molar-refractivity contribution in [3.8, 4) is 0 Å². The highest BCUT2D eigenvalue weighted by Gasteiger charge is 1.94. The average molecular weight is 158 g/mol. The second-order valence-corrected chi connectivity index (χ2v) is 2.30. The Hall–Kier alpha value is -1.06. The van der Waals surface area contributed by atoms with Gasteiger partial charge in [0, 0.05) is 6.42 Å². The van der Waals surface area contributed by atoms with Gasteiger partial charge in [-0.25, -0.2) is 0 Å². The molecule has 0 unspecified atom stereocenters. The lowest BCUT2D eigenvalue weighted by Gasteiger charge is -1.96. The van der Waals surface area contributed by atoms with Gasteiger partial charge >= 0.3 is 5.97 Å². The summed E-state index contributed by atoms with van der Waals surface area (Å²) in [5.41, 5.74) is 5.39. The number of nitrogens with zero attached hydrogens (tertiary/aromatic N) is 1. The van der Waals surface area contributed by atoms with Crippen LogP contribution in [0.5, 0.6) is 0 Å². The zero-order valence-electron chi connectivity index (χ0n) is 6.71. The van der Waals surface area contributed by atoms with Crippen LogP contribution in [0.1, 0.15) is 26.2 Å². The van der Waals surface area contributed by atoms with Crippen LogP contribution in [0.15, 0.2) is 4.99 Å². The van der Waals surface area contributed by atoms with Gasteiger partial charge < -0.3 is 10.8 Å². The summed E-state index contributed by atoms with van der Waals surface area (Å²) < 4.78 is 0. The highest BCUT2D eigenvalue weighted by molar-refractivity contribution is 5.82. The van der Waals surface area contributed by atoms with Crippen LogP contribution in [0, 0.1) is 0 Å². The molecule has 3 N–H and O–H groups in total. The molecule has 0 amide bonds. The molecular formula is C7H14N2O2. The van der Waals surface area contributed by atoms with Gasteiger partial charge in [-0.3, -0.25) is 9.79 Å². The van der Waals surface area contributed by atoms with Crippen molar-refractivity contribution in [1.82, 2.24) is 0 Å². The maximum atomic E-state index is 10.0. The van der Waals surface area contributed by atoms with Gasteiger partial charge in [-0.15, -0.1) is 0 Å². The fraction of sp³-hybridized carbons (Fsp3) is 0.714. The Kier molecular flexibility index (Phi) is 5.15. The molecule has 0 saturated heterocycles. The van der Waals surface area contributed by atoms with E-state index in [2.05, 4.69) is 4.99 Å². The molecular weight excluding hydrogens is 144 g/mol. The summed E-state index contributed by atoms with van der Waals surface area (Å²) in [5, 5.41) is 8.23. The molecule has 0 fully saturated rings. The second kappa shape index (κ2) is 5.70. The van der Waals surface area contributed by atoms with Crippen LogP contribution in [0.25, 0.3) is 0 Å². The Morgan fingerprint density at radius 2 is 2.27 bits per heavy atom. The normalized spacial score (nSPS) is 11.5. The lowest BCUT2D eigenvalue weighted by atomic mass is 10.2. The van der Waals surface area contributed by atoms with Gasteiger partial charge in [0.05, 0.1) is 5.84 Å². The van der Waals surface area contributed by atoms with E-state index in [0.29, 0.717) is 12.3 Å². The van der Waals surface area contributed by atoms with Crippen LogP contribution >= 0.6 is 0 Å². The van der Waals surface area contributed by atoms with Gasteiger partial charge in [0.15, 0.2) is 0 Å². The van der Waals surface area contributed by atoms with Crippen molar-refractivity contribution in [3.05, 3.63) is 0 Å². The summed E-state index contributed by atoms with van der Waals surface area (Å²) >= 11 is 0. The number of hydrogen-bond donors (Lipinski definition) is 2. The Labute approximate surface area is 66.1 Å². The van der Waals surface area contributed by atoms with Gasteiger partial charge in [0.1, 0.15) is 6.54 Å². The predicted molar refractivity (Wildman–Crippen MR) is 43.7 cm³/mol. The number of carboxylic acid groups (broad SMARTS) is 1. The first kappa shape index (κ1) is 9.94. The summed E-state index contributed by atoms with van der Waals surface area (Å²) in [6, 6.07) is 0. The summed E-state index contributed by atoms with van der Waals surface area (Å²) in [5.74, 6) is -0.501. The fourth-order valence-electron chi connectivity index (χ4n) is 0.606. The molecule has 0 aliphatic heterocycles. The van der Waals surface area contributed by atoms with E-state index < -0.39 is 5.97 Å². The van der Waals surface area contributed by atoms with Crippen LogP contribution in [-0.4, -0.2) is 23.5 Å². The van der Waals surface area contributed by atoms with Crippen molar-refractivity contribution < 1.29 is 9.90 Å². The molecule has 11 heavy (non-hydrogen) atoms. The highest BCUT2D eigenvalue weighted by atomic mass is 16.4. The van der Waals surface area contributed by atoms with Gasteiger partial charge in [-0.05, 0) is 6.42 Å². The number of carboxylic acids is 1. The standard InChI is InChI=1S/C7H14N2O2/c1-2-3-4-6(8)9-5-7(10)11/h2-5H2,1H3,(H2,8,9)(H,10,11). The maximum absolute atomic E-state index is 10.0. The van der Waals surface area contributed by atoms with Crippen LogP contribution in [0.2, 0.25) is 0 Å². The number of aliphatic imine (C=N–C) groups is 1. The highest BCUT2D eigenvalue weighted by Crippen LogP contribution is 1.92. The molecule has 0 rings (SSSR count). The third-order valence-corrected chi connectivity index (χ3v) is 1.20. The van der Waals surface area contributed by atoms with E-state index in [0.717, 1.165) is 12.8 Å². The van der Waals surface area contributed by atoms with Crippen molar-refractivity contribution in [2.24, 2.45) is 10.7 Å². The minimum atomic E-state index is -0.940. The van der Waals surface area contributed by atoms with E-state index in [4.69, 9.17) is 10.8 Å². The molecule has 0 aromatic rings. The van der Waals surface area contributed by atoms with Gasteiger partial charge in [-0.2, -0.15) is 0 Å². The smallest absolute Gasteiger partial charge is 0.325 e. The van der Waals surface area contributed by atoms with E-state index in [9.17, 15) is 4.79 Å². The van der Waals surface area contributed by atoms with Crippen LogP contribution in [-0.2, 0) is 4.79 Å². The van der Waals surface area contributed by atoms with E-state index in [1.807, 2.05) is 6.92 Å². The number of hydrogen-bond acceptors (Lipinski definition) is 2. The van der Waals surface area contributed by atoms with Crippen molar-refractivity contribution in [3.63, 3.8) is 0 Å². The molecule has 0 aromatic carbocycles. The fourth-order valence-corrected chi connectivity index (χ4v) is 0.606. The number of rotatable bonds is 5. The van der Waals surface area contributed by atoms with Gasteiger partial charge in [-0.1, -0.05) is 13.3 Å². The van der Waals surface area contributed by atoms with Crippen molar-refractivity contribution in [1.29, 1.82) is 0 Å². The Bertz CT molecular complexity index is 155. The molecule has 0 aromatic heterocycles. The third-order valence-electron chi connectivity index (χ3n) is 1.20. The van der Waals surface area contributed by atoms with Crippen molar-refractivity contribution in [2.45, 2.75) is 26.2 Å². The molecule has 0 heterocycles. The Morgan fingerprint density at radius 3 is 2.73 bits per heavy atom. The lowest BCUT2D eigenvalue weighted by Crippen LogP contribution is -2.14. The zero-order valence-corrected chi connectivity index (χ0v) is 6.71. The zero-order chi connectivity index (χ0) is 8.69. The number of nitrogens with two attached hydrogens (primary N) is 1. The first-order valence-corrected chi connectivity index (χ1v) is 3.67. The Balaban J connectivity index is 3.54. The maximum Gasteiger partial charge on any atom is 0.325 e. The van der Waals surface area contributed by atoms with E-state index >= 15 is 0 Å². The first-order chi connectivity index (χ1) is 5.16. The molecule has 64 valence electrons. The van der Waals surface area contributed by atoms with Crippen molar-refractivity contribution in [2.75, 3.05) is 6.54 Å². The molecule has 4 nitrogen and oxygen atoms in total. The quantitative estimate of drug-likeness (QED) is 0.455. The van der Waals surface area contributed by atoms with E-state index in [1.54, 1.807) is 0 Å². The molecule has 0 radical (unpaired) electrons. The summed E-state index contributed by atoms with van der Waals surface area (Å²) in [6.45, 7) is 1.83. The Morgan fingerprint density at radius 1 is 1.64 bits per heavy atom.